The van der Waals surface area contributed by atoms with E-state index < -0.39 is 0 Å². The summed E-state index contributed by atoms with van der Waals surface area (Å²) in [4.78, 5) is 9.59. The van der Waals surface area contributed by atoms with Crippen molar-refractivity contribution in [2.75, 3.05) is 0 Å². The summed E-state index contributed by atoms with van der Waals surface area (Å²) in [6.07, 6.45) is 0. The number of hydrogen-bond acceptors (Lipinski definition) is 4. The maximum absolute atomic E-state index is 12.7. The van der Waals surface area contributed by atoms with Crippen LogP contribution in [-0.2, 0) is 20.1 Å². The summed E-state index contributed by atoms with van der Waals surface area (Å²) in [6, 6.07) is 63.0. The number of para-hydroxylation sites is 4. The van der Waals surface area contributed by atoms with E-state index >= 15 is 0 Å². The zero-order valence-corrected chi connectivity index (χ0v) is 37.6. The minimum Gasteiger partial charge on any atom is -0.501 e. The average Bonchev–Trinajstić information content (AvgIpc) is 4.03. The normalized spacial score (nSPS) is 11.4. The molecule has 0 amide bonds. The van der Waals surface area contributed by atoms with E-state index in [0.717, 1.165) is 61.0 Å². The fourth-order valence-electron chi connectivity index (χ4n) is 8.28. The van der Waals surface area contributed by atoms with Crippen molar-refractivity contribution in [2.24, 2.45) is 0 Å². The topological polar surface area (TPSA) is 57.0 Å². The molecule has 5 nitrogen and oxygen atoms in total. The van der Waals surface area contributed by atoms with Gasteiger partial charge in [0.15, 0.2) is 0 Å². The van der Waals surface area contributed by atoms with Crippen molar-refractivity contribution < 1.29 is 33.3 Å². The number of oxazole rings is 1. The molecule has 0 N–H and O–H groups in total. The van der Waals surface area contributed by atoms with Crippen LogP contribution < -0.4 is 0 Å². The Morgan fingerprint density at radius 1 is 0.556 bits per heavy atom. The summed E-state index contributed by atoms with van der Waals surface area (Å²) in [7, 11) is 0. The van der Waals surface area contributed by atoms with E-state index in [4.69, 9.17) is 13.8 Å². The van der Waals surface area contributed by atoms with Gasteiger partial charge in [-0.1, -0.05) is 141 Å². The number of rotatable bonds is 7. The van der Waals surface area contributed by atoms with E-state index in [2.05, 4.69) is 165 Å². The van der Waals surface area contributed by atoms with Gasteiger partial charge < -0.3 is 13.4 Å². The van der Waals surface area contributed by atoms with Crippen LogP contribution >= 0.6 is 0 Å². The Balaban J connectivity index is 0.000000249. The first kappa shape index (κ1) is 41.4. The second-order valence-electron chi connectivity index (χ2n) is 16.1. The van der Waals surface area contributed by atoms with Crippen molar-refractivity contribution in [3.8, 4) is 50.8 Å². The maximum Gasteiger partial charge on any atom is 0.141 e. The van der Waals surface area contributed by atoms with Crippen molar-refractivity contribution in [1.29, 1.82) is 0 Å². The molecule has 0 spiro atoms. The predicted molar refractivity (Wildman–Crippen MR) is 250 cm³/mol. The van der Waals surface area contributed by atoms with Crippen LogP contribution in [0.1, 0.15) is 50.7 Å². The van der Waals surface area contributed by atoms with Gasteiger partial charge >= 0.3 is 0 Å². The van der Waals surface area contributed by atoms with Gasteiger partial charge in [-0.25, -0.2) is 0 Å². The molecule has 11 aromatic rings. The molecule has 0 aliphatic heterocycles. The standard InChI is InChI=1S/C43H35N2O.C13H7FNO.Ir/c1-27(2)36-24-32(30-16-9-6-10-17-30)25-37(28(3)4)41(36)45-39-21-12-11-20-38(39)44-43(45)35-19-13-18-34-33-23-22-31(26-40(33)46-42(34)35)29-14-7-5-8-15-29;14-10-7-5-9(6-8-10)13-15-11-3-1-2-4-12(11)16-13;/h5-18,20-28H,1-4H3;1-5,7-8H;/q2*-1;. The number of imidazole rings is 1. The maximum atomic E-state index is 12.7. The van der Waals surface area contributed by atoms with Gasteiger partial charge in [0, 0.05) is 37.0 Å². The molecule has 0 aliphatic rings. The smallest absolute Gasteiger partial charge is 0.141 e. The molecule has 1 radical (unpaired) electrons. The first-order chi connectivity index (χ1) is 30.3. The molecule has 311 valence electrons. The Labute approximate surface area is 379 Å². The van der Waals surface area contributed by atoms with Crippen LogP contribution in [0.3, 0.4) is 0 Å². The minimum absolute atomic E-state index is 0. The van der Waals surface area contributed by atoms with Gasteiger partial charge in [0.1, 0.15) is 17.1 Å². The van der Waals surface area contributed by atoms with Crippen molar-refractivity contribution in [1.82, 2.24) is 14.5 Å². The molecule has 8 aromatic carbocycles. The van der Waals surface area contributed by atoms with Gasteiger partial charge in [-0.3, -0.25) is 14.4 Å². The van der Waals surface area contributed by atoms with Crippen LogP contribution in [-0.4, -0.2) is 14.5 Å². The first-order valence-electron chi connectivity index (χ1n) is 21.0. The first-order valence-corrected chi connectivity index (χ1v) is 21.0. The summed E-state index contributed by atoms with van der Waals surface area (Å²) in [5.41, 5.74) is 15.2. The van der Waals surface area contributed by atoms with Crippen molar-refractivity contribution in [2.45, 2.75) is 39.5 Å². The van der Waals surface area contributed by atoms with E-state index in [9.17, 15) is 4.39 Å². The van der Waals surface area contributed by atoms with Crippen LogP contribution in [0.4, 0.5) is 4.39 Å². The van der Waals surface area contributed by atoms with Crippen LogP contribution in [0.25, 0.3) is 94.9 Å². The van der Waals surface area contributed by atoms with Crippen LogP contribution in [0.5, 0.6) is 0 Å². The molecule has 3 heterocycles. The van der Waals surface area contributed by atoms with Crippen LogP contribution in [0.2, 0.25) is 0 Å². The van der Waals surface area contributed by atoms with E-state index in [-0.39, 0.29) is 37.8 Å². The number of aromatic nitrogens is 3. The number of furan rings is 1. The SMILES string of the molecule is CC(C)c1cc(-c2ccccc2)cc(C(C)C)c1-n1c(-c2[c-]ccc3c2oc2cc(-c4ccccc4)ccc23)nc2ccccc21.Fc1c[c-]c(-c2nc3ccccc3o2)cc1.[Ir]. The quantitative estimate of drug-likeness (QED) is 0.149. The molecule has 0 fully saturated rings. The van der Waals surface area contributed by atoms with Crippen molar-refractivity contribution in [3.05, 3.63) is 199 Å². The average molecular weight is 1000 g/mol. The molecule has 0 saturated heterocycles. The Kier molecular flexibility index (Phi) is 11.5. The second-order valence-corrected chi connectivity index (χ2v) is 16.1. The second kappa shape index (κ2) is 17.4. The summed E-state index contributed by atoms with van der Waals surface area (Å²) >= 11 is 0. The monoisotopic (exact) mass is 1000 g/mol. The Morgan fingerprint density at radius 3 is 1.87 bits per heavy atom. The zero-order valence-electron chi connectivity index (χ0n) is 35.2. The van der Waals surface area contributed by atoms with E-state index in [1.54, 1.807) is 6.07 Å². The summed E-state index contributed by atoms with van der Waals surface area (Å²) < 4.78 is 27.4. The van der Waals surface area contributed by atoms with Crippen molar-refractivity contribution in [3.63, 3.8) is 0 Å². The van der Waals surface area contributed by atoms with Gasteiger partial charge in [0.25, 0.3) is 0 Å². The molecule has 0 atom stereocenters. The summed E-state index contributed by atoms with van der Waals surface area (Å²) in [5.74, 6) is 1.55. The number of halogens is 1. The summed E-state index contributed by atoms with van der Waals surface area (Å²) in [5, 5.41) is 2.15. The third-order valence-corrected chi connectivity index (χ3v) is 11.4. The number of hydrogen-bond donors (Lipinski definition) is 0. The third kappa shape index (κ3) is 7.91. The predicted octanol–water partition coefficient (Wildman–Crippen LogP) is 15.4. The fourth-order valence-corrected chi connectivity index (χ4v) is 8.28. The Morgan fingerprint density at radius 2 is 1.21 bits per heavy atom. The van der Waals surface area contributed by atoms with E-state index in [0.29, 0.717) is 11.5 Å². The molecule has 63 heavy (non-hydrogen) atoms. The molecule has 11 rings (SSSR count). The number of benzene rings is 8. The van der Waals surface area contributed by atoms with E-state index in [1.165, 1.54) is 45.6 Å². The molecular weight excluding hydrogens is 958 g/mol. The van der Waals surface area contributed by atoms with Gasteiger partial charge in [-0.15, -0.1) is 42.5 Å². The third-order valence-electron chi connectivity index (χ3n) is 11.4. The Bertz CT molecular complexity index is 3310. The van der Waals surface area contributed by atoms with Gasteiger partial charge in [0.05, 0.1) is 28.0 Å². The van der Waals surface area contributed by atoms with Gasteiger partial charge in [0.2, 0.25) is 0 Å². The molecule has 3 aromatic heterocycles. The Hall–Kier alpha value is -6.92. The molecule has 0 aliphatic carbocycles. The molecule has 7 heteroatoms. The molecule has 0 saturated carbocycles. The van der Waals surface area contributed by atoms with Crippen LogP contribution in [0.15, 0.2) is 179 Å². The minimum atomic E-state index is -0.320. The van der Waals surface area contributed by atoms with Gasteiger partial charge in [-0.05, 0) is 87.7 Å². The molecular formula is C56H42FIrN3O2-2. The summed E-state index contributed by atoms with van der Waals surface area (Å²) in [6.45, 7) is 9.14. The van der Waals surface area contributed by atoms with Crippen LogP contribution in [0, 0.1) is 17.9 Å². The number of nitrogens with zero attached hydrogens (tertiary/aromatic N) is 3. The largest absolute Gasteiger partial charge is 0.501 e. The molecule has 0 bridgehead atoms. The zero-order chi connectivity index (χ0) is 42.3. The van der Waals surface area contributed by atoms with E-state index in [1.807, 2.05) is 36.4 Å². The number of fused-ring (bicyclic) bond motifs is 5. The van der Waals surface area contributed by atoms with Gasteiger partial charge in [-0.2, -0.15) is 0 Å². The molecule has 0 unspecified atom stereocenters. The fraction of sp³-hybridized carbons (Fsp3) is 0.107. The van der Waals surface area contributed by atoms with Crippen molar-refractivity contribution >= 4 is 44.1 Å².